The van der Waals surface area contributed by atoms with Crippen LogP contribution in [0.4, 0.5) is 5.69 Å². The standard InChI is InChI=1S/C15H11N5O2S2/c21-24(22,14-9-10-4-1-2-7-13(10)23-14)18-12-6-3-5-11(8-12)15-16-19-20-17-15/h1-9,18H,(H,16,17,19,20). The van der Waals surface area contributed by atoms with Gasteiger partial charge in [-0.05, 0) is 40.1 Å². The molecular weight excluding hydrogens is 346 g/mol. The third-order valence-electron chi connectivity index (χ3n) is 3.40. The van der Waals surface area contributed by atoms with Gasteiger partial charge in [0.25, 0.3) is 10.0 Å². The Hall–Kier alpha value is -2.78. The van der Waals surface area contributed by atoms with Gasteiger partial charge in [0.15, 0.2) is 5.82 Å². The van der Waals surface area contributed by atoms with E-state index in [4.69, 9.17) is 0 Å². The van der Waals surface area contributed by atoms with Crippen LogP contribution in [0.2, 0.25) is 0 Å². The van der Waals surface area contributed by atoms with Gasteiger partial charge in [0.1, 0.15) is 4.21 Å². The Morgan fingerprint density at radius 1 is 1.04 bits per heavy atom. The second-order valence-electron chi connectivity index (χ2n) is 5.04. The molecule has 0 radical (unpaired) electrons. The summed E-state index contributed by atoms with van der Waals surface area (Å²) in [4.78, 5) is 0. The number of anilines is 1. The molecule has 7 nitrogen and oxygen atoms in total. The lowest BCUT2D eigenvalue weighted by Gasteiger charge is -2.07. The number of benzene rings is 2. The molecule has 0 aliphatic rings. The van der Waals surface area contributed by atoms with Gasteiger partial charge in [-0.15, -0.1) is 16.4 Å². The first-order valence-electron chi connectivity index (χ1n) is 6.97. The van der Waals surface area contributed by atoms with Crippen molar-refractivity contribution >= 4 is 37.1 Å². The van der Waals surface area contributed by atoms with E-state index in [1.165, 1.54) is 11.3 Å². The van der Waals surface area contributed by atoms with Crippen LogP contribution < -0.4 is 4.72 Å². The molecule has 0 saturated heterocycles. The summed E-state index contributed by atoms with van der Waals surface area (Å²) in [7, 11) is -3.65. The van der Waals surface area contributed by atoms with Crippen LogP contribution in [0.25, 0.3) is 21.5 Å². The van der Waals surface area contributed by atoms with E-state index in [1.54, 1.807) is 30.3 Å². The number of tetrazole rings is 1. The highest BCUT2D eigenvalue weighted by Crippen LogP contribution is 2.30. The fourth-order valence-corrected chi connectivity index (χ4v) is 4.75. The summed E-state index contributed by atoms with van der Waals surface area (Å²) in [5.41, 5.74) is 1.14. The molecule has 24 heavy (non-hydrogen) atoms. The minimum atomic E-state index is -3.65. The van der Waals surface area contributed by atoms with Gasteiger partial charge in [0.2, 0.25) is 0 Å². The van der Waals surface area contributed by atoms with E-state index in [9.17, 15) is 8.42 Å². The largest absolute Gasteiger partial charge is 0.279 e. The summed E-state index contributed by atoms with van der Waals surface area (Å²) in [5, 5.41) is 14.4. The molecule has 9 heteroatoms. The third-order valence-corrected chi connectivity index (χ3v) is 6.37. The Morgan fingerprint density at radius 3 is 2.71 bits per heavy atom. The van der Waals surface area contributed by atoms with Gasteiger partial charge in [0.05, 0.1) is 0 Å². The second-order valence-corrected chi connectivity index (χ2v) is 8.03. The van der Waals surface area contributed by atoms with Crippen molar-refractivity contribution in [1.82, 2.24) is 20.6 Å². The van der Waals surface area contributed by atoms with E-state index in [-0.39, 0.29) is 4.21 Å². The van der Waals surface area contributed by atoms with Gasteiger partial charge < -0.3 is 0 Å². The van der Waals surface area contributed by atoms with Crippen molar-refractivity contribution in [1.29, 1.82) is 0 Å². The molecular formula is C15H11N5O2S2. The SMILES string of the molecule is O=S(=O)(Nc1cccc(-c2nnn[nH]2)c1)c1cc2ccccc2s1. The summed E-state index contributed by atoms with van der Waals surface area (Å²) in [6.45, 7) is 0. The molecule has 0 spiro atoms. The summed E-state index contributed by atoms with van der Waals surface area (Å²) in [5.74, 6) is 0.470. The van der Waals surface area contributed by atoms with Gasteiger partial charge in [-0.2, -0.15) is 0 Å². The Kier molecular flexibility index (Phi) is 3.51. The number of hydrogen-bond donors (Lipinski definition) is 2. The highest BCUT2D eigenvalue weighted by molar-refractivity contribution is 7.94. The van der Waals surface area contributed by atoms with Crippen molar-refractivity contribution in [3.05, 3.63) is 54.6 Å². The smallest absolute Gasteiger partial charge is 0.271 e. The first-order chi connectivity index (χ1) is 11.6. The van der Waals surface area contributed by atoms with Gasteiger partial charge >= 0.3 is 0 Å². The Balaban J connectivity index is 1.67. The maximum atomic E-state index is 12.6. The van der Waals surface area contributed by atoms with Crippen LogP contribution in [0.1, 0.15) is 0 Å². The molecule has 2 aromatic heterocycles. The predicted molar refractivity (Wildman–Crippen MR) is 92.2 cm³/mol. The number of H-pyrrole nitrogens is 1. The number of sulfonamides is 1. The van der Waals surface area contributed by atoms with Gasteiger partial charge in [-0.3, -0.25) is 4.72 Å². The normalized spacial score (nSPS) is 11.7. The molecule has 0 amide bonds. The molecule has 0 saturated carbocycles. The molecule has 0 bridgehead atoms. The maximum absolute atomic E-state index is 12.6. The van der Waals surface area contributed by atoms with Crippen molar-refractivity contribution in [2.24, 2.45) is 0 Å². The van der Waals surface area contributed by atoms with Crippen LogP contribution in [0.15, 0.2) is 58.8 Å². The summed E-state index contributed by atoms with van der Waals surface area (Å²) in [6.07, 6.45) is 0. The van der Waals surface area contributed by atoms with Crippen LogP contribution in [-0.4, -0.2) is 29.0 Å². The van der Waals surface area contributed by atoms with Crippen molar-refractivity contribution < 1.29 is 8.42 Å². The van der Waals surface area contributed by atoms with E-state index in [0.717, 1.165) is 10.1 Å². The van der Waals surface area contributed by atoms with Gasteiger partial charge in [-0.1, -0.05) is 30.3 Å². The number of fused-ring (bicyclic) bond motifs is 1. The third kappa shape index (κ3) is 2.74. The van der Waals surface area contributed by atoms with E-state index in [1.807, 2.05) is 24.3 Å². The number of nitrogens with zero attached hydrogens (tertiary/aromatic N) is 3. The van der Waals surface area contributed by atoms with E-state index >= 15 is 0 Å². The van der Waals surface area contributed by atoms with Crippen molar-refractivity contribution in [2.75, 3.05) is 4.72 Å². The summed E-state index contributed by atoms with van der Waals surface area (Å²) >= 11 is 1.24. The lowest BCUT2D eigenvalue weighted by Crippen LogP contribution is -2.11. The van der Waals surface area contributed by atoms with Gasteiger partial charge in [-0.25, -0.2) is 13.5 Å². The molecule has 0 atom stereocenters. The number of aromatic nitrogens is 4. The van der Waals surface area contributed by atoms with Crippen molar-refractivity contribution in [3.8, 4) is 11.4 Å². The molecule has 0 unspecified atom stereocenters. The molecule has 2 aromatic carbocycles. The van der Waals surface area contributed by atoms with E-state index in [2.05, 4.69) is 25.3 Å². The molecule has 4 aromatic rings. The molecule has 120 valence electrons. The van der Waals surface area contributed by atoms with E-state index in [0.29, 0.717) is 17.1 Å². The minimum Gasteiger partial charge on any atom is -0.279 e. The lowest BCUT2D eigenvalue weighted by atomic mass is 10.2. The average molecular weight is 357 g/mol. The molecule has 0 fully saturated rings. The summed E-state index contributed by atoms with van der Waals surface area (Å²) in [6, 6.07) is 16.1. The van der Waals surface area contributed by atoms with Crippen molar-refractivity contribution in [2.45, 2.75) is 4.21 Å². The first kappa shape index (κ1) is 14.8. The number of aromatic amines is 1. The van der Waals surface area contributed by atoms with Crippen LogP contribution in [0.3, 0.4) is 0 Å². The fourth-order valence-electron chi connectivity index (χ4n) is 2.31. The second kappa shape index (κ2) is 5.69. The van der Waals surface area contributed by atoms with Crippen LogP contribution in [-0.2, 0) is 10.0 Å². The molecule has 2 N–H and O–H groups in total. The van der Waals surface area contributed by atoms with Crippen molar-refractivity contribution in [3.63, 3.8) is 0 Å². The Morgan fingerprint density at radius 2 is 1.92 bits per heavy atom. The highest BCUT2D eigenvalue weighted by atomic mass is 32.2. The summed E-state index contributed by atoms with van der Waals surface area (Å²) < 4.78 is 29.0. The minimum absolute atomic E-state index is 0.274. The quantitative estimate of drug-likeness (QED) is 0.585. The number of nitrogens with one attached hydrogen (secondary N) is 2. The Labute approximate surface area is 141 Å². The van der Waals surface area contributed by atoms with Crippen LogP contribution >= 0.6 is 11.3 Å². The van der Waals surface area contributed by atoms with Crippen LogP contribution in [0, 0.1) is 0 Å². The zero-order valence-corrected chi connectivity index (χ0v) is 13.8. The zero-order chi connectivity index (χ0) is 16.6. The fraction of sp³-hybridized carbons (Fsp3) is 0. The van der Waals surface area contributed by atoms with Crippen LogP contribution in [0.5, 0.6) is 0 Å². The highest BCUT2D eigenvalue weighted by Gasteiger charge is 2.18. The monoisotopic (exact) mass is 357 g/mol. The zero-order valence-electron chi connectivity index (χ0n) is 12.2. The first-order valence-corrected chi connectivity index (χ1v) is 9.27. The Bertz CT molecular complexity index is 1070. The maximum Gasteiger partial charge on any atom is 0.271 e. The average Bonchev–Trinajstić information content (AvgIpc) is 3.24. The lowest BCUT2D eigenvalue weighted by molar-refractivity contribution is 0.603. The van der Waals surface area contributed by atoms with Gasteiger partial charge in [0, 0.05) is 16.0 Å². The molecule has 2 heterocycles. The topological polar surface area (TPSA) is 101 Å². The molecule has 0 aliphatic heterocycles. The number of rotatable bonds is 4. The van der Waals surface area contributed by atoms with E-state index < -0.39 is 10.0 Å². The number of thiophene rings is 1. The molecule has 0 aliphatic carbocycles. The number of hydrogen-bond acceptors (Lipinski definition) is 6. The molecule has 4 rings (SSSR count). The predicted octanol–water partition coefficient (Wildman–Crippen LogP) is 2.88.